The molecule has 0 spiro atoms. The lowest BCUT2D eigenvalue weighted by atomic mass is 9.98. The smallest absolute Gasteiger partial charge is 0.359 e. The number of alkyl halides is 3. The van der Waals surface area contributed by atoms with Gasteiger partial charge in [-0.2, -0.15) is 18.4 Å². The van der Waals surface area contributed by atoms with Gasteiger partial charge in [0.1, 0.15) is 18.4 Å². The summed E-state index contributed by atoms with van der Waals surface area (Å²) < 4.78 is 38.0. The number of benzene rings is 2. The van der Waals surface area contributed by atoms with Crippen LogP contribution in [-0.2, 0) is 9.59 Å². The SMILES string of the molecule is C[C@H](CN[C@@H](C(=O)Nc1ccc(N2CCN(CC(F)(F)F)C(=O)C2)cn1)c1ccccc1)c1ccc(C#N)cc1. The van der Waals surface area contributed by atoms with Crippen molar-refractivity contribution < 1.29 is 22.8 Å². The van der Waals surface area contributed by atoms with Crippen molar-refractivity contribution in [3.05, 3.63) is 89.6 Å². The maximum atomic E-state index is 13.3. The van der Waals surface area contributed by atoms with Crippen LogP contribution in [0.3, 0.4) is 0 Å². The average Bonchev–Trinajstić information content (AvgIpc) is 2.94. The molecule has 208 valence electrons. The van der Waals surface area contributed by atoms with Gasteiger partial charge in [0.2, 0.25) is 11.8 Å². The second kappa shape index (κ2) is 12.6. The Balaban J connectivity index is 1.39. The highest BCUT2D eigenvalue weighted by Crippen LogP contribution is 2.23. The summed E-state index contributed by atoms with van der Waals surface area (Å²) in [6, 6.07) is 21.3. The number of nitriles is 1. The predicted molar refractivity (Wildman–Crippen MR) is 144 cm³/mol. The van der Waals surface area contributed by atoms with E-state index in [1.165, 1.54) is 6.20 Å². The van der Waals surface area contributed by atoms with Crippen LogP contribution in [0.4, 0.5) is 24.7 Å². The van der Waals surface area contributed by atoms with Gasteiger partial charge in [0.05, 0.1) is 30.1 Å². The first kappa shape index (κ1) is 28.6. The normalized spacial score (nSPS) is 15.3. The van der Waals surface area contributed by atoms with E-state index in [0.29, 0.717) is 23.6 Å². The molecule has 4 rings (SSSR count). The molecule has 2 N–H and O–H groups in total. The molecule has 2 aromatic carbocycles. The van der Waals surface area contributed by atoms with E-state index < -0.39 is 24.7 Å². The number of carbonyl (C=O) groups excluding carboxylic acids is 2. The summed E-state index contributed by atoms with van der Waals surface area (Å²) in [4.78, 5) is 32.3. The van der Waals surface area contributed by atoms with Gasteiger partial charge in [0, 0.05) is 19.6 Å². The summed E-state index contributed by atoms with van der Waals surface area (Å²) in [6.07, 6.45) is -2.95. The Labute approximate surface area is 230 Å². The number of halogens is 3. The zero-order valence-corrected chi connectivity index (χ0v) is 21.9. The maximum Gasteiger partial charge on any atom is 0.406 e. The van der Waals surface area contributed by atoms with Crippen LogP contribution in [0.2, 0.25) is 0 Å². The van der Waals surface area contributed by atoms with Crippen LogP contribution in [0.25, 0.3) is 0 Å². The average molecular weight is 551 g/mol. The van der Waals surface area contributed by atoms with E-state index in [0.717, 1.165) is 16.0 Å². The van der Waals surface area contributed by atoms with Crippen molar-refractivity contribution in [3.63, 3.8) is 0 Å². The fourth-order valence-electron chi connectivity index (χ4n) is 4.46. The summed E-state index contributed by atoms with van der Waals surface area (Å²) in [6.45, 7) is 1.29. The van der Waals surface area contributed by atoms with Crippen LogP contribution in [0, 0.1) is 11.3 Å². The molecule has 1 saturated heterocycles. The molecule has 0 radical (unpaired) electrons. The van der Waals surface area contributed by atoms with E-state index >= 15 is 0 Å². The van der Waals surface area contributed by atoms with Gasteiger partial charge in [0.15, 0.2) is 0 Å². The Kier molecular flexibility index (Phi) is 9.01. The van der Waals surface area contributed by atoms with E-state index in [1.807, 2.05) is 49.4 Å². The van der Waals surface area contributed by atoms with E-state index in [-0.39, 0.29) is 31.5 Å². The van der Waals surface area contributed by atoms with Gasteiger partial charge in [-0.1, -0.05) is 49.4 Å². The van der Waals surface area contributed by atoms with E-state index in [1.54, 1.807) is 29.2 Å². The number of piperazine rings is 1. The number of anilines is 2. The van der Waals surface area contributed by atoms with Crippen molar-refractivity contribution in [2.24, 2.45) is 0 Å². The van der Waals surface area contributed by atoms with Crippen LogP contribution in [-0.4, -0.2) is 60.6 Å². The lowest BCUT2D eigenvalue weighted by Gasteiger charge is -2.35. The predicted octanol–water partition coefficient (Wildman–Crippen LogP) is 4.24. The first-order valence-electron chi connectivity index (χ1n) is 12.8. The van der Waals surface area contributed by atoms with Gasteiger partial charge >= 0.3 is 6.18 Å². The molecule has 40 heavy (non-hydrogen) atoms. The highest BCUT2D eigenvalue weighted by Gasteiger charge is 2.35. The summed E-state index contributed by atoms with van der Waals surface area (Å²) in [7, 11) is 0. The maximum absolute atomic E-state index is 13.3. The lowest BCUT2D eigenvalue weighted by molar-refractivity contribution is -0.161. The molecule has 0 aliphatic carbocycles. The molecule has 0 unspecified atom stereocenters. The molecule has 3 aromatic rings. The molecule has 11 heteroatoms. The molecular weight excluding hydrogens is 521 g/mol. The standard InChI is InChI=1S/C29H29F3N6O2/c1-20(22-9-7-21(15-33)8-10-22)16-35-27(23-5-3-2-4-6-23)28(40)36-25-12-11-24(17-34-25)37-13-14-38(26(39)18-37)19-29(30,31)32/h2-12,17,20,27,35H,13-14,16,18-19H2,1H3,(H,34,36,40)/t20-,27-/m1/s1. The molecule has 2 amide bonds. The van der Waals surface area contributed by atoms with Crippen LogP contribution < -0.4 is 15.5 Å². The monoisotopic (exact) mass is 550 g/mol. The highest BCUT2D eigenvalue weighted by molar-refractivity contribution is 5.95. The van der Waals surface area contributed by atoms with Crippen molar-refractivity contribution in [2.75, 3.05) is 42.9 Å². The minimum absolute atomic E-state index is 0.0395. The fourth-order valence-corrected chi connectivity index (χ4v) is 4.46. The number of hydrogen-bond donors (Lipinski definition) is 2. The zero-order valence-electron chi connectivity index (χ0n) is 21.9. The largest absolute Gasteiger partial charge is 0.406 e. The van der Waals surface area contributed by atoms with Gasteiger partial charge in [0.25, 0.3) is 0 Å². The van der Waals surface area contributed by atoms with E-state index in [2.05, 4.69) is 21.7 Å². The van der Waals surface area contributed by atoms with Crippen molar-refractivity contribution in [2.45, 2.75) is 25.1 Å². The third-order valence-electron chi connectivity index (χ3n) is 6.69. The summed E-state index contributed by atoms with van der Waals surface area (Å²) in [5, 5.41) is 15.2. The van der Waals surface area contributed by atoms with Crippen molar-refractivity contribution in [1.29, 1.82) is 5.26 Å². The van der Waals surface area contributed by atoms with E-state index in [9.17, 15) is 22.8 Å². The van der Waals surface area contributed by atoms with Gasteiger partial charge in [-0.3, -0.25) is 9.59 Å². The van der Waals surface area contributed by atoms with Crippen LogP contribution in [0.5, 0.6) is 0 Å². The Morgan fingerprint density at radius 2 is 1.77 bits per heavy atom. The quantitative estimate of drug-likeness (QED) is 0.414. The second-order valence-corrected chi connectivity index (χ2v) is 9.63. The third-order valence-corrected chi connectivity index (χ3v) is 6.69. The lowest BCUT2D eigenvalue weighted by Crippen LogP contribution is -2.53. The van der Waals surface area contributed by atoms with Gasteiger partial charge < -0.3 is 20.4 Å². The van der Waals surface area contributed by atoms with Crippen LogP contribution in [0.15, 0.2) is 72.9 Å². The molecule has 1 aliphatic rings. The second-order valence-electron chi connectivity index (χ2n) is 9.63. The number of nitrogens with one attached hydrogen (secondary N) is 2. The van der Waals surface area contributed by atoms with Gasteiger partial charge in [-0.05, 0) is 41.3 Å². The third kappa shape index (κ3) is 7.57. The van der Waals surface area contributed by atoms with Crippen LogP contribution in [0.1, 0.15) is 35.6 Å². The topological polar surface area (TPSA) is 101 Å². The number of carbonyl (C=O) groups is 2. The Morgan fingerprint density at radius 3 is 2.38 bits per heavy atom. The molecule has 1 aliphatic heterocycles. The minimum atomic E-state index is -4.44. The molecular formula is C29H29F3N6O2. The van der Waals surface area contributed by atoms with Crippen LogP contribution >= 0.6 is 0 Å². The number of aromatic nitrogens is 1. The van der Waals surface area contributed by atoms with Crippen molar-refractivity contribution in [1.82, 2.24) is 15.2 Å². The first-order valence-corrected chi connectivity index (χ1v) is 12.8. The van der Waals surface area contributed by atoms with Gasteiger partial charge in [-0.15, -0.1) is 0 Å². The van der Waals surface area contributed by atoms with Gasteiger partial charge in [-0.25, -0.2) is 4.98 Å². The molecule has 0 bridgehead atoms. The highest BCUT2D eigenvalue weighted by atomic mass is 19.4. The molecule has 8 nitrogen and oxygen atoms in total. The molecule has 2 heterocycles. The summed E-state index contributed by atoms with van der Waals surface area (Å²) in [5.41, 5.74) is 2.97. The Hall–Kier alpha value is -4.43. The Bertz CT molecular complexity index is 1340. The van der Waals surface area contributed by atoms with E-state index in [4.69, 9.17) is 5.26 Å². The number of nitrogens with zero attached hydrogens (tertiary/aromatic N) is 4. The van der Waals surface area contributed by atoms with Crippen molar-refractivity contribution >= 4 is 23.3 Å². The number of rotatable bonds is 9. The number of hydrogen-bond acceptors (Lipinski definition) is 6. The molecule has 0 saturated carbocycles. The number of amides is 2. The summed E-state index contributed by atoms with van der Waals surface area (Å²) in [5.74, 6) is -0.537. The number of pyridine rings is 1. The minimum Gasteiger partial charge on any atom is -0.359 e. The van der Waals surface area contributed by atoms with Crippen molar-refractivity contribution in [3.8, 4) is 6.07 Å². The first-order chi connectivity index (χ1) is 19.1. The fraction of sp³-hybridized carbons (Fsp3) is 0.310. The zero-order chi connectivity index (χ0) is 28.7. The Morgan fingerprint density at radius 1 is 1.05 bits per heavy atom. The molecule has 1 fully saturated rings. The molecule has 1 aromatic heterocycles. The molecule has 2 atom stereocenters. The summed E-state index contributed by atoms with van der Waals surface area (Å²) >= 11 is 0.